The Kier molecular flexibility index (Phi) is 6.77. The van der Waals surface area contributed by atoms with Crippen molar-refractivity contribution in [3.8, 4) is 5.75 Å². The second kappa shape index (κ2) is 9.73. The lowest BCUT2D eigenvalue weighted by atomic mass is 10.1. The Morgan fingerprint density at radius 3 is 2.30 bits per heavy atom. The Hall–Kier alpha value is -3.22. The average molecular weight is 479 g/mol. The summed E-state index contributed by atoms with van der Waals surface area (Å²) in [6, 6.07) is 20.1. The molecule has 3 aromatic carbocycles. The molecule has 1 N–H and O–H groups in total. The number of imide groups is 1. The fourth-order valence-corrected chi connectivity index (χ4v) is 4.53. The maximum atomic E-state index is 13.5. The maximum Gasteiger partial charge on any atom is 0.283 e. The molecule has 3 aromatic rings. The Morgan fingerprint density at radius 2 is 1.64 bits per heavy atom. The van der Waals surface area contributed by atoms with Crippen LogP contribution < -0.4 is 15.0 Å². The van der Waals surface area contributed by atoms with Gasteiger partial charge in [-0.05, 0) is 86.5 Å². The van der Waals surface area contributed by atoms with E-state index in [0.717, 1.165) is 21.8 Å². The van der Waals surface area contributed by atoms with E-state index in [2.05, 4.69) is 5.32 Å². The van der Waals surface area contributed by atoms with E-state index in [0.29, 0.717) is 27.9 Å². The number of rotatable bonds is 7. The van der Waals surface area contributed by atoms with Gasteiger partial charge in [0.15, 0.2) is 0 Å². The van der Waals surface area contributed by atoms with Gasteiger partial charge in [0.25, 0.3) is 11.8 Å². The van der Waals surface area contributed by atoms with E-state index in [4.69, 9.17) is 16.3 Å². The molecule has 2 amide bonds. The van der Waals surface area contributed by atoms with Crippen molar-refractivity contribution in [3.63, 3.8) is 0 Å². The summed E-state index contributed by atoms with van der Waals surface area (Å²) >= 11 is 7.25. The molecule has 0 unspecified atom stereocenters. The van der Waals surface area contributed by atoms with E-state index in [9.17, 15) is 9.59 Å². The fraction of sp³-hybridized carbons (Fsp3) is 0.154. The molecule has 0 saturated heterocycles. The molecule has 0 aliphatic carbocycles. The number of nitrogens with one attached hydrogen (secondary N) is 1. The molecule has 5 nitrogen and oxygen atoms in total. The first kappa shape index (κ1) is 23.0. The summed E-state index contributed by atoms with van der Waals surface area (Å²) in [5, 5.41) is 3.77. The Morgan fingerprint density at radius 1 is 0.939 bits per heavy atom. The Bertz CT molecular complexity index is 1240. The zero-order valence-corrected chi connectivity index (χ0v) is 20.1. The number of anilines is 2. The van der Waals surface area contributed by atoms with Crippen LogP contribution >= 0.6 is 23.4 Å². The molecule has 0 aromatic heterocycles. The van der Waals surface area contributed by atoms with Gasteiger partial charge in [0.1, 0.15) is 16.4 Å². The van der Waals surface area contributed by atoms with Gasteiger partial charge >= 0.3 is 0 Å². The molecule has 0 radical (unpaired) electrons. The largest absolute Gasteiger partial charge is 0.494 e. The molecule has 0 spiro atoms. The Labute approximate surface area is 202 Å². The smallest absolute Gasteiger partial charge is 0.283 e. The molecular formula is C26H23ClN2O3S. The summed E-state index contributed by atoms with van der Waals surface area (Å²) in [6.45, 7) is 6.36. The number of benzene rings is 3. The van der Waals surface area contributed by atoms with E-state index >= 15 is 0 Å². The van der Waals surface area contributed by atoms with Gasteiger partial charge in [0.05, 0.1) is 12.3 Å². The molecule has 0 atom stereocenters. The van der Waals surface area contributed by atoms with Crippen molar-refractivity contribution in [1.82, 2.24) is 0 Å². The molecule has 0 fully saturated rings. The number of hydrogen-bond donors (Lipinski definition) is 1. The van der Waals surface area contributed by atoms with Crippen molar-refractivity contribution in [1.29, 1.82) is 0 Å². The van der Waals surface area contributed by atoms with Crippen molar-refractivity contribution in [2.75, 3.05) is 16.8 Å². The van der Waals surface area contributed by atoms with Crippen LogP contribution in [0.4, 0.5) is 11.4 Å². The van der Waals surface area contributed by atoms with Crippen LogP contribution in [0.15, 0.2) is 82.2 Å². The van der Waals surface area contributed by atoms with Gasteiger partial charge < -0.3 is 10.1 Å². The number of nitrogens with zero attached hydrogens (tertiary/aromatic N) is 1. The number of thioether (sulfide) groups is 1. The number of amides is 2. The van der Waals surface area contributed by atoms with Gasteiger partial charge in [-0.3, -0.25) is 9.59 Å². The third kappa shape index (κ3) is 4.77. The molecule has 4 rings (SSSR count). The normalized spacial score (nSPS) is 13.6. The molecule has 1 aliphatic rings. The van der Waals surface area contributed by atoms with E-state index in [1.165, 1.54) is 16.7 Å². The van der Waals surface area contributed by atoms with Gasteiger partial charge in [-0.15, -0.1) is 0 Å². The summed E-state index contributed by atoms with van der Waals surface area (Å²) in [5.74, 6) is -0.0141. The van der Waals surface area contributed by atoms with E-state index in [1.807, 2.05) is 69.3 Å². The molecular weight excluding hydrogens is 456 g/mol. The average Bonchev–Trinajstić information content (AvgIpc) is 3.02. The van der Waals surface area contributed by atoms with Crippen LogP contribution in [0.3, 0.4) is 0 Å². The van der Waals surface area contributed by atoms with Gasteiger partial charge in [0.2, 0.25) is 0 Å². The minimum Gasteiger partial charge on any atom is -0.494 e. The van der Waals surface area contributed by atoms with Crippen LogP contribution in [0.2, 0.25) is 5.02 Å². The lowest BCUT2D eigenvalue weighted by Gasteiger charge is -2.19. The number of carbonyl (C=O) groups is 2. The zero-order chi connectivity index (χ0) is 23.5. The monoisotopic (exact) mass is 478 g/mol. The SMILES string of the molecule is CCOc1ccc(NC2=C(Sc3ccc(Cl)cc3)C(=O)N(c3cccc(C)c3C)C2=O)cc1. The minimum atomic E-state index is -0.390. The highest BCUT2D eigenvalue weighted by molar-refractivity contribution is 8.04. The van der Waals surface area contributed by atoms with E-state index < -0.39 is 0 Å². The first-order chi connectivity index (χ1) is 15.9. The van der Waals surface area contributed by atoms with Crippen molar-refractivity contribution in [3.05, 3.63) is 93.5 Å². The molecule has 33 heavy (non-hydrogen) atoms. The predicted octanol–water partition coefficient (Wildman–Crippen LogP) is 6.34. The molecule has 168 valence electrons. The summed E-state index contributed by atoms with van der Waals surface area (Å²) < 4.78 is 5.49. The van der Waals surface area contributed by atoms with Gasteiger partial charge in [0, 0.05) is 15.6 Å². The second-order valence-electron chi connectivity index (χ2n) is 7.51. The lowest BCUT2D eigenvalue weighted by molar-refractivity contribution is -0.120. The highest BCUT2D eigenvalue weighted by Crippen LogP contribution is 2.39. The first-order valence-corrected chi connectivity index (χ1v) is 11.7. The van der Waals surface area contributed by atoms with Crippen LogP contribution in [-0.4, -0.2) is 18.4 Å². The van der Waals surface area contributed by atoms with Crippen molar-refractivity contribution >= 4 is 46.6 Å². The minimum absolute atomic E-state index is 0.241. The molecule has 7 heteroatoms. The van der Waals surface area contributed by atoms with Crippen LogP contribution in [0.25, 0.3) is 0 Å². The number of aryl methyl sites for hydroxylation is 1. The molecule has 0 saturated carbocycles. The number of ether oxygens (including phenoxy) is 1. The third-order valence-corrected chi connectivity index (χ3v) is 6.67. The standard InChI is InChI=1S/C26H23ClN2O3S/c1-4-32-20-12-10-19(11-13-20)28-23-24(33-21-14-8-18(27)9-15-21)26(31)29(25(23)30)22-7-5-6-16(2)17(22)3/h5-15,28H,4H2,1-3H3. The number of carbonyl (C=O) groups excluding carboxylic acids is 2. The molecule has 1 aliphatic heterocycles. The first-order valence-electron chi connectivity index (χ1n) is 10.5. The third-order valence-electron chi connectivity index (χ3n) is 5.33. The summed E-state index contributed by atoms with van der Waals surface area (Å²) in [5.41, 5.74) is 3.41. The van der Waals surface area contributed by atoms with E-state index in [1.54, 1.807) is 18.2 Å². The summed E-state index contributed by atoms with van der Waals surface area (Å²) in [7, 11) is 0. The lowest BCUT2D eigenvalue weighted by Crippen LogP contribution is -2.33. The second-order valence-corrected chi connectivity index (χ2v) is 9.03. The van der Waals surface area contributed by atoms with Gasteiger partial charge in [-0.1, -0.05) is 35.5 Å². The zero-order valence-electron chi connectivity index (χ0n) is 18.5. The van der Waals surface area contributed by atoms with Crippen LogP contribution in [0.5, 0.6) is 5.75 Å². The quantitative estimate of drug-likeness (QED) is 0.401. The topological polar surface area (TPSA) is 58.6 Å². The van der Waals surface area contributed by atoms with Gasteiger partial charge in [-0.2, -0.15) is 0 Å². The predicted molar refractivity (Wildman–Crippen MR) is 134 cm³/mol. The van der Waals surface area contributed by atoms with E-state index in [-0.39, 0.29) is 17.5 Å². The molecule has 0 bridgehead atoms. The van der Waals surface area contributed by atoms with Crippen LogP contribution in [-0.2, 0) is 9.59 Å². The number of halogens is 1. The maximum absolute atomic E-state index is 13.5. The highest BCUT2D eigenvalue weighted by Gasteiger charge is 2.40. The Balaban J connectivity index is 1.73. The van der Waals surface area contributed by atoms with Crippen LogP contribution in [0.1, 0.15) is 18.1 Å². The van der Waals surface area contributed by atoms with Crippen molar-refractivity contribution in [2.45, 2.75) is 25.7 Å². The summed E-state index contributed by atoms with van der Waals surface area (Å²) in [4.78, 5) is 29.5. The number of hydrogen-bond acceptors (Lipinski definition) is 5. The molecule has 1 heterocycles. The summed E-state index contributed by atoms with van der Waals surface area (Å²) in [6.07, 6.45) is 0. The highest BCUT2D eigenvalue weighted by atomic mass is 35.5. The van der Waals surface area contributed by atoms with Crippen molar-refractivity contribution in [2.24, 2.45) is 0 Å². The van der Waals surface area contributed by atoms with Crippen molar-refractivity contribution < 1.29 is 14.3 Å². The van der Waals surface area contributed by atoms with Crippen LogP contribution in [0, 0.1) is 13.8 Å². The fourth-order valence-electron chi connectivity index (χ4n) is 3.48. The van der Waals surface area contributed by atoms with Gasteiger partial charge in [-0.25, -0.2) is 4.90 Å².